The van der Waals surface area contributed by atoms with Crippen molar-refractivity contribution in [1.29, 1.82) is 0 Å². The van der Waals surface area contributed by atoms with Crippen molar-refractivity contribution in [3.63, 3.8) is 0 Å². The van der Waals surface area contributed by atoms with E-state index in [1.807, 2.05) is 0 Å². The Kier molecular flexibility index (Phi) is 5.50. The summed E-state index contributed by atoms with van der Waals surface area (Å²) in [5.41, 5.74) is 0. The van der Waals surface area contributed by atoms with E-state index in [2.05, 4.69) is 9.47 Å². The summed E-state index contributed by atoms with van der Waals surface area (Å²) in [4.78, 5) is 31.7. The molecule has 0 aliphatic rings. The quantitative estimate of drug-likeness (QED) is 0.472. The van der Waals surface area contributed by atoms with Crippen molar-refractivity contribution in [3.8, 4) is 0 Å². The molecule has 0 spiro atoms. The summed E-state index contributed by atoms with van der Waals surface area (Å²) in [6.07, 6.45) is -0.182. The molecule has 0 radical (unpaired) electrons. The van der Waals surface area contributed by atoms with Crippen LogP contribution < -0.4 is 0 Å². The monoisotopic (exact) mass is 188 g/mol. The zero-order valence-electron chi connectivity index (χ0n) is 7.66. The maximum Gasteiger partial charge on any atom is 0.314 e. The lowest BCUT2D eigenvalue weighted by Crippen LogP contribution is -2.12. The molecule has 0 aromatic heterocycles. The van der Waals surface area contributed by atoms with E-state index < -0.39 is 17.9 Å². The number of rotatable bonds is 4. The predicted octanol–water partition coefficient (Wildman–Crippen LogP) is 0.419. The Morgan fingerprint density at radius 3 is 2.08 bits per heavy atom. The molecule has 0 aromatic rings. The molecule has 0 fully saturated rings. The second-order valence-corrected chi connectivity index (χ2v) is 2.27. The van der Waals surface area contributed by atoms with Gasteiger partial charge in [0.05, 0.1) is 19.4 Å². The zero-order chi connectivity index (χ0) is 10.3. The summed E-state index contributed by atoms with van der Waals surface area (Å²) >= 11 is 0. The Hall–Kier alpha value is -1.39. The average molecular weight is 188 g/mol. The first-order chi connectivity index (χ1) is 6.06. The van der Waals surface area contributed by atoms with Crippen LogP contribution in [0.2, 0.25) is 0 Å². The van der Waals surface area contributed by atoms with Crippen molar-refractivity contribution in [2.75, 3.05) is 6.61 Å². The second kappa shape index (κ2) is 6.16. The third kappa shape index (κ3) is 6.99. The standard InChI is InChI=1S/C8H12O5/c1-3-12-7(10)4-5-8(11)13-6(2)9/h3-5H2,1-2H3. The second-order valence-electron chi connectivity index (χ2n) is 2.27. The van der Waals surface area contributed by atoms with Gasteiger partial charge in [-0.1, -0.05) is 0 Å². The van der Waals surface area contributed by atoms with E-state index in [-0.39, 0.29) is 19.4 Å². The van der Waals surface area contributed by atoms with Crippen molar-refractivity contribution in [2.45, 2.75) is 26.7 Å². The van der Waals surface area contributed by atoms with Gasteiger partial charge in [0.1, 0.15) is 0 Å². The van der Waals surface area contributed by atoms with Crippen molar-refractivity contribution in [3.05, 3.63) is 0 Å². The summed E-state index contributed by atoms with van der Waals surface area (Å²) in [5, 5.41) is 0. The number of carbonyl (C=O) groups excluding carboxylic acids is 3. The maximum atomic E-state index is 10.7. The van der Waals surface area contributed by atoms with Crippen molar-refractivity contribution in [2.24, 2.45) is 0 Å². The molecule has 0 amide bonds. The molecule has 5 nitrogen and oxygen atoms in total. The summed E-state index contributed by atoms with van der Waals surface area (Å²) in [6.45, 7) is 3.08. The lowest BCUT2D eigenvalue weighted by atomic mass is 10.3. The fourth-order valence-corrected chi connectivity index (χ4v) is 0.649. The summed E-state index contributed by atoms with van der Waals surface area (Å²) < 4.78 is 8.76. The first kappa shape index (κ1) is 11.6. The fraction of sp³-hybridized carbons (Fsp3) is 0.625. The Balaban J connectivity index is 3.58. The van der Waals surface area contributed by atoms with Crippen LogP contribution >= 0.6 is 0 Å². The van der Waals surface area contributed by atoms with E-state index in [9.17, 15) is 14.4 Å². The third-order valence-corrected chi connectivity index (χ3v) is 1.10. The minimum Gasteiger partial charge on any atom is -0.466 e. The summed E-state index contributed by atoms with van der Waals surface area (Å²) in [6, 6.07) is 0. The van der Waals surface area contributed by atoms with Gasteiger partial charge in [0.15, 0.2) is 0 Å². The van der Waals surface area contributed by atoms with Crippen LogP contribution in [0, 0.1) is 0 Å². The van der Waals surface area contributed by atoms with Gasteiger partial charge in [0.2, 0.25) is 0 Å². The largest absolute Gasteiger partial charge is 0.466 e. The van der Waals surface area contributed by atoms with Gasteiger partial charge >= 0.3 is 17.9 Å². The number of hydrogen-bond donors (Lipinski definition) is 0. The molecule has 0 aliphatic carbocycles. The molecule has 0 saturated carbocycles. The van der Waals surface area contributed by atoms with Gasteiger partial charge in [-0.2, -0.15) is 0 Å². The van der Waals surface area contributed by atoms with E-state index in [0.717, 1.165) is 6.92 Å². The van der Waals surface area contributed by atoms with E-state index in [1.165, 1.54) is 0 Å². The highest BCUT2D eigenvalue weighted by atomic mass is 16.6. The van der Waals surface area contributed by atoms with E-state index in [0.29, 0.717) is 0 Å². The molecule has 13 heavy (non-hydrogen) atoms. The predicted molar refractivity (Wildman–Crippen MR) is 42.6 cm³/mol. The third-order valence-electron chi connectivity index (χ3n) is 1.10. The van der Waals surface area contributed by atoms with Crippen LogP contribution in [0.4, 0.5) is 0 Å². The van der Waals surface area contributed by atoms with Gasteiger partial charge in [-0.25, -0.2) is 0 Å². The SMILES string of the molecule is CCOC(=O)CCC(=O)OC(C)=O. The summed E-state index contributed by atoms with van der Waals surface area (Å²) in [7, 11) is 0. The normalized spacial score (nSPS) is 9.08. The van der Waals surface area contributed by atoms with E-state index >= 15 is 0 Å². The van der Waals surface area contributed by atoms with Crippen molar-refractivity contribution >= 4 is 17.9 Å². The van der Waals surface area contributed by atoms with Crippen LogP contribution in [0.25, 0.3) is 0 Å². The molecular formula is C8H12O5. The molecule has 0 bridgehead atoms. The highest BCUT2D eigenvalue weighted by molar-refractivity contribution is 5.86. The number of ether oxygens (including phenoxy) is 2. The molecule has 0 N–H and O–H groups in total. The minimum absolute atomic E-state index is 0.0556. The fourth-order valence-electron chi connectivity index (χ4n) is 0.649. The molecule has 0 atom stereocenters. The lowest BCUT2D eigenvalue weighted by molar-refractivity contribution is -0.160. The van der Waals surface area contributed by atoms with Gasteiger partial charge in [-0.15, -0.1) is 0 Å². The first-order valence-electron chi connectivity index (χ1n) is 3.93. The highest BCUT2D eigenvalue weighted by Gasteiger charge is 2.09. The van der Waals surface area contributed by atoms with Crippen LogP contribution in [-0.4, -0.2) is 24.5 Å². The molecule has 5 heteroatoms. The van der Waals surface area contributed by atoms with Crippen LogP contribution in [0.1, 0.15) is 26.7 Å². The maximum absolute atomic E-state index is 10.7. The lowest BCUT2D eigenvalue weighted by Gasteiger charge is -2.00. The van der Waals surface area contributed by atoms with Gasteiger partial charge in [-0.3, -0.25) is 14.4 Å². The number of carbonyl (C=O) groups is 3. The Morgan fingerprint density at radius 1 is 1.08 bits per heavy atom. The van der Waals surface area contributed by atoms with Gasteiger partial charge in [-0.05, 0) is 6.92 Å². The number of hydrogen-bond acceptors (Lipinski definition) is 5. The summed E-state index contributed by atoms with van der Waals surface area (Å²) in [5.74, 6) is -1.85. The van der Waals surface area contributed by atoms with Gasteiger partial charge in [0.25, 0.3) is 0 Å². The van der Waals surface area contributed by atoms with Crippen molar-refractivity contribution in [1.82, 2.24) is 0 Å². The van der Waals surface area contributed by atoms with E-state index in [1.54, 1.807) is 6.92 Å². The molecule has 0 rings (SSSR count). The van der Waals surface area contributed by atoms with E-state index in [4.69, 9.17) is 0 Å². The topological polar surface area (TPSA) is 69.7 Å². The Bertz CT molecular complexity index is 209. The molecule has 74 valence electrons. The van der Waals surface area contributed by atoms with Crippen LogP contribution in [-0.2, 0) is 23.9 Å². The average Bonchev–Trinajstić information content (AvgIpc) is 2.00. The first-order valence-corrected chi connectivity index (χ1v) is 3.93. The van der Waals surface area contributed by atoms with Gasteiger partial charge < -0.3 is 9.47 Å². The van der Waals surface area contributed by atoms with Crippen molar-refractivity contribution < 1.29 is 23.9 Å². The zero-order valence-corrected chi connectivity index (χ0v) is 7.66. The highest BCUT2D eigenvalue weighted by Crippen LogP contribution is 1.95. The molecule has 0 unspecified atom stereocenters. The molecule has 0 aromatic carbocycles. The Morgan fingerprint density at radius 2 is 1.62 bits per heavy atom. The smallest absolute Gasteiger partial charge is 0.314 e. The Labute approximate surface area is 76.0 Å². The minimum atomic E-state index is -0.708. The molecule has 0 heterocycles. The van der Waals surface area contributed by atoms with Crippen LogP contribution in [0.5, 0.6) is 0 Å². The molecule has 0 aliphatic heterocycles. The van der Waals surface area contributed by atoms with Crippen LogP contribution in [0.15, 0.2) is 0 Å². The van der Waals surface area contributed by atoms with Crippen LogP contribution in [0.3, 0.4) is 0 Å². The van der Waals surface area contributed by atoms with Gasteiger partial charge in [0, 0.05) is 6.92 Å². The molecular weight excluding hydrogens is 176 g/mol. The molecule has 0 saturated heterocycles. The number of esters is 3.